The van der Waals surface area contributed by atoms with Crippen molar-refractivity contribution in [3.05, 3.63) is 29.8 Å². The Balaban J connectivity index is 1.90. The predicted molar refractivity (Wildman–Crippen MR) is 95.0 cm³/mol. The molecule has 1 fully saturated rings. The Kier molecular flexibility index (Phi) is 5.63. The SMILES string of the molecule is CC(=O)c1ccc(NC(=O)[C@@H](C)OC(=O)CN2C(=O)NC(C)(C)C2=O)cc1. The van der Waals surface area contributed by atoms with Gasteiger partial charge in [0.15, 0.2) is 11.9 Å². The fraction of sp³-hybridized carbons (Fsp3) is 0.389. The van der Waals surface area contributed by atoms with Crippen molar-refractivity contribution in [2.24, 2.45) is 0 Å². The molecular weight excluding hydrogens is 354 g/mol. The smallest absolute Gasteiger partial charge is 0.327 e. The summed E-state index contributed by atoms with van der Waals surface area (Å²) in [5.41, 5.74) is -0.153. The number of urea groups is 1. The molecule has 9 heteroatoms. The average molecular weight is 375 g/mol. The highest BCUT2D eigenvalue weighted by Crippen LogP contribution is 2.16. The van der Waals surface area contributed by atoms with Crippen LogP contribution in [0.15, 0.2) is 24.3 Å². The molecule has 0 aromatic heterocycles. The molecule has 1 aliphatic rings. The summed E-state index contributed by atoms with van der Waals surface area (Å²) in [4.78, 5) is 59.9. The van der Waals surface area contributed by atoms with Gasteiger partial charge in [0.2, 0.25) is 0 Å². The van der Waals surface area contributed by atoms with E-state index in [2.05, 4.69) is 10.6 Å². The number of hydrogen-bond donors (Lipinski definition) is 2. The third-order valence-electron chi connectivity index (χ3n) is 3.97. The van der Waals surface area contributed by atoms with E-state index in [0.29, 0.717) is 11.3 Å². The first-order valence-electron chi connectivity index (χ1n) is 8.26. The van der Waals surface area contributed by atoms with E-state index in [1.807, 2.05) is 0 Å². The van der Waals surface area contributed by atoms with Crippen LogP contribution < -0.4 is 10.6 Å². The number of hydrogen-bond acceptors (Lipinski definition) is 6. The van der Waals surface area contributed by atoms with Crippen LogP contribution in [0.2, 0.25) is 0 Å². The molecule has 1 aromatic rings. The van der Waals surface area contributed by atoms with Crippen LogP contribution in [-0.4, -0.2) is 52.7 Å². The Labute approximate surface area is 156 Å². The highest BCUT2D eigenvalue weighted by atomic mass is 16.5. The van der Waals surface area contributed by atoms with E-state index in [0.717, 1.165) is 4.90 Å². The van der Waals surface area contributed by atoms with Crippen molar-refractivity contribution >= 4 is 35.3 Å². The summed E-state index contributed by atoms with van der Waals surface area (Å²) in [7, 11) is 0. The van der Waals surface area contributed by atoms with Crippen LogP contribution in [0.25, 0.3) is 0 Å². The van der Waals surface area contributed by atoms with Crippen LogP contribution in [0.3, 0.4) is 0 Å². The summed E-state index contributed by atoms with van der Waals surface area (Å²) >= 11 is 0. The topological polar surface area (TPSA) is 122 Å². The van der Waals surface area contributed by atoms with Gasteiger partial charge in [-0.25, -0.2) is 4.79 Å². The lowest BCUT2D eigenvalue weighted by Crippen LogP contribution is -2.42. The molecule has 144 valence electrons. The molecule has 2 rings (SSSR count). The van der Waals surface area contributed by atoms with E-state index in [9.17, 15) is 24.0 Å². The fourth-order valence-electron chi connectivity index (χ4n) is 2.41. The first kappa shape index (κ1) is 20.1. The lowest BCUT2D eigenvalue weighted by atomic mass is 10.1. The van der Waals surface area contributed by atoms with Gasteiger partial charge in [0.25, 0.3) is 11.8 Å². The number of imide groups is 1. The van der Waals surface area contributed by atoms with Crippen LogP contribution in [0.5, 0.6) is 0 Å². The molecule has 1 saturated heterocycles. The number of Topliss-reactive ketones (excluding diaryl/α,β-unsaturated/α-hetero) is 1. The minimum atomic E-state index is -1.14. The molecule has 0 spiro atoms. The lowest BCUT2D eigenvalue weighted by Gasteiger charge is -2.17. The third-order valence-corrected chi connectivity index (χ3v) is 3.97. The van der Waals surface area contributed by atoms with E-state index >= 15 is 0 Å². The highest BCUT2D eigenvalue weighted by Gasteiger charge is 2.45. The quantitative estimate of drug-likeness (QED) is 0.436. The van der Waals surface area contributed by atoms with E-state index < -0.39 is 42.0 Å². The Hall–Kier alpha value is -3.23. The number of nitrogens with one attached hydrogen (secondary N) is 2. The summed E-state index contributed by atoms with van der Waals surface area (Å²) in [5.74, 6) is -2.12. The third kappa shape index (κ3) is 4.69. The number of rotatable bonds is 6. The van der Waals surface area contributed by atoms with E-state index in [-0.39, 0.29) is 5.78 Å². The van der Waals surface area contributed by atoms with Gasteiger partial charge in [-0.15, -0.1) is 0 Å². The molecule has 9 nitrogen and oxygen atoms in total. The predicted octanol–water partition coefficient (Wildman–Crippen LogP) is 1.09. The van der Waals surface area contributed by atoms with Crippen LogP contribution >= 0.6 is 0 Å². The molecule has 2 N–H and O–H groups in total. The second-order valence-electron chi connectivity index (χ2n) is 6.70. The molecule has 4 amide bonds. The molecule has 1 aromatic carbocycles. The number of ether oxygens (including phenoxy) is 1. The van der Waals surface area contributed by atoms with Gasteiger partial charge in [-0.1, -0.05) is 0 Å². The number of anilines is 1. The summed E-state index contributed by atoms with van der Waals surface area (Å²) < 4.78 is 4.99. The lowest BCUT2D eigenvalue weighted by molar-refractivity contribution is -0.155. The molecule has 0 unspecified atom stereocenters. The zero-order valence-corrected chi connectivity index (χ0v) is 15.5. The van der Waals surface area contributed by atoms with Crippen molar-refractivity contribution in [1.29, 1.82) is 0 Å². The summed E-state index contributed by atoms with van der Waals surface area (Å²) in [6.07, 6.45) is -1.14. The van der Waals surface area contributed by atoms with E-state index in [1.165, 1.54) is 27.7 Å². The molecule has 1 heterocycles. The summed E-state index contributed by atoms with van der Waals surface area (Å²) in [6, 6.07) is 5.54. The van der Waals surface area contributed by atoms with E-state index in [4.69, 9.17) is 4.74 Å². The van der Waals surface area contributed by atoms with Crippen LogP contribution in [-0.2, 0) is 19.1 Å². The average Bonchev–Trinajstić information content (AvgIpc) is 2.77. The zero-order chi connectivity index (χ0) is 20.4. The monoisotopic (exact) mass is 375 g/mol. The van der Waals surface area contributed by atoms with Gasteiger partial charge in [0, 0.05) is 11.3 Å². The van der Waals surface area contributed by atoms with Gasteiger partial charge >= 0.3 is 12.0 Å². The van der Waals surface area contributed by atoms with Crippen molar-refractivity contribution in [3.8, 4) is 0 Å². The van der Waals surface area contributed by atoms with Gasteiger partial charge in [-0.3, -0.25) is 24.1 Å². The maximum Gasteiger partial charge on any atom is 0.327 e. The van der Waals surface area contributed by atoms with E-state index in [1.54, 1.807) is 24.3 Å². The second kappa shape index (κ2) is 7.56. The molecule has 0 bridgehead atoms. The molecule has 27 heavy (non-hydrogen) atoms. The number of carbonyl (C=O) groups excluding carboxylic acids is 5. The van der Waals surface area contributed by atoms with Gasteiger partial charge in [-0.2, -0.15) is 0 Å². The van der Waals surface area contributed by atoms with Crippen molar-refractivity contribution in [3.63, 3.8) is 0 Å². The number of nitrogens with zero attached hydrogens (tertiary/aromatic N) is 1. The maximum absolute atomic E-state index is 12.1. The minimum Gasteiger partial charge on any atom is -0.451 e. The number of amides is 4. The Morgan fingerprint density at radius 3 is 2.26 bits per heavy atom. The maximum atomic E-state index is 12.1. The number of benzene rings is 1. The molecule has 0 radical (unpaired) electrons. The molecule has 0 saturated carbocycles. The second-order valence-corrected chi connectivity index (χ2v) is 6.70. The van der Waals surface area contributed by atoms with Gasteiger partial charge in [0.05, 0.1) is 0 Å². The molecular formula is C18H21N3O6. The highest BCUT2D eigenvalue weighted by molar-refractivity contribution is 6.08. The Morgan fingerprint density at radius 2 is 1.78 bits per heavy atom. The summed E-state index contributed by atoms with van der Waals surface area (Å²) in [6.45, 7) is 5.26. The largest absolute Gasteiger partial charge is 0.451 e. The number of carbonyl (C=O) groups is 5. The van der Waals surface area contributed by atoms with Gasteiger partial charge in [-0.05, 0) is 52.0 Å². The first-order valence-corrected chi connectivity index (χ1v) is 8.26. The van der Waals surface area contributed by atoms with Crippen molar-refractivity contribution < 1.29 is 28.7 Å². The minimum absolute atomic E-state index is 0.0983. The molecule has 1 atom stereocenters. The van der Waals surface area contributed by atoms with Crippen LogP contribution in [0.4, 0.5) is 10.5 Å². The summed E-state index contributed by atoms with van der Waals surface area (Å²) in [5, 5.41) is 5.00. The Bertz CT molecular complexity index is 800. The van der Waals surface area contributed by atoms with Crippen LogP contribution in [0.1, 0.15) is 38.1 Å². The van der Waals surface area contributed by atoms with Gasteiger partial charge < -0.3 is 15.4 Å². The van der Waals surface area contributed by atoms with Crippen molar-refractivity contribution in [1.82, 2.24) is 10.2 Å². The fourth-order valence-corrected chi connectivity index (χ4v) is 2.41. The number of esters is 1. The number of ketones is 1. The van der Waals surface area contributed by atoms with Crippen LogP contribution in [0, 0.1) is 0 Å². The van der Waals surface area contributed by atoms with Crippen molar-refractivity contribution in [2.75, 3.05) is 11.9 Å². The first-order chi connectivity index (χ1) is 12.5. The molecule has 1 aliphatic heterocycles. The normalized spacial score (nSPS) is 16.5. The zero-order valence-electron chi connectivity index (χ0n) is 15.5. The Morgan fingerprint density at radius 1 is 1.19 bits per heavy atom. The van der Waals surface area contributed by atoms with Crippen molar-refractivity contribution in [2.45, 2.75) is 39.3 Å². The standard InChI is InChI=1S/C18H21N3O6/c1-10(22)12-5-7-13(8-6-12)19-15(24)11(2)27-14(23)9-21-16(25)18(3,4)20-17(21)26/h5-8,11H,9H2,1-4H3,(H,19,24)(H,20,26)/t11-/m1/s1. The molecule has 0 aliphatic carbocycles. The van der Waals surface area contributed by atoms with Gasteiger partial charge in [0.1, 0.15) is 12.1 Å².